The molecule has 0 saturated heterocycles. The van der Waals surface area contributed by atoms with Gasteiger partial charge in [-0.2, -0.15) is 0 Å². The molecule has 2 rings (SSSR count). The van der Waals surface area contributed by atoms with Gasteiger partial charge in [0.2, 0.25) is 0 Å². The van der Waals surface area contributed by atoms with Gasteiger partial charge in [-0.1, -0.05) is 62.4 Å². The van der Waals surface area contributed by atoms with Gasteiger partial charge in [-0.25, -0.2) is 0 Å². The summed E-state index contributed by atoms with van der Waals surface area (Å²) in [6.45, 7) is 5.64. The molecule has 25 heavy (non-hydrogen) atoms. The Kier molecular flexibility index (Phi) is 6.75. The van der Waals surface area contributed by atoms with Crippen LogP contribution in [0.1, 0.15) is 42.9 Å². The Morgan fingerprint density at radius 1 is 1.04 bits per heavy atom. The Labute approximate surface area is 149 Å². The predicted octanol–water partition coefficient (Wildman–Crippen LogP) is 4.23. The Balaban J connectivity index is 1.97. The van der Waals surface area contributed by atoms with E-state index in [1.807, 2.05) is 69.3 Å². The van der Waals surface area contributed by atoms with Gasteiger partial charge in [-0.05, 0) is 36.5 Å². The van der Waals surface area contributed by atoms with Gasteiger partial charge >= 0.3 is 5.97 Å². The minimum Gasteiger partial charge on any atom is -0.455 e. The Hall–Kier alpha value is -2.62. The highest BCUT2D eigenvalue weighted by Crippen LogP contribution is 2.22. The van der Waals surface area contributed by atoms with Gasteiger partial charge in [0.15, 0.2) is 6.61 Å². The first-order valence-corrected chi connectivity index (χ1v) is 8.66. The largest absolute Gasteiger partial charge is 0.455 e. The molecule has 1 atom stereocenters. The van der Waals surface area contributed by atoms with Gasteiger partial charge in [-0.15, -0.1) is 0 Å². The summed E-state index contributed by atoms with van der Waals surface area (Å²) in [6, 6.07) is 15.4. The molecule has 4 heteroatoms. The number of hydrogen-bond acceptors (Lipinski definition) is 3. The molecule has 0 aliphatic rings. The van der Waals surface area contributed by atoms with Crippen LogP contribution in [-0.2, 0) is 20.7 Å². The number of esters is 1. The third-order valence-corrected chi connectivity index (χ3v) is 4.24. The van der Waals surface area contributed by atoms with Crippen molar-refractivity contribution in [2.24, 2.45) is 0 Å². The van der Waals surface area contributed by atoms with E-state index in [-0.39, 0.29) is 24.4 Å². The zero-order chi connectivity index (χ0) is 18.2. The van der Waals surface area contributed by atoms with Crippen molar-refractivity contribution in [1.82, 2.24) is 0 Å². The summed E-state index contributed by atoms with van der Waals surface area (Å²) in [5, 5.41) is 2.87. The molecule has 0 aromatic heterocycles. The van der Waals surface area contributed by atoms with E-state index in [1.54, 1.807) is 0 Å². The van der Waals surface area contributed by atoms with E-state index < -0.39 is 0 Å². The van der Waals surface area contributed by atoms with Gasteiger partial charge in [0.25, 0.3) is 5.91 Å². The lowest BCUT2D eigenvalue weighted by atomic mass is 9.97. The standard InChI is InChI=1S/C21H25NO3/c1-4-16-13-9-10-15(3)20(16)22-19(23)14-25-21(24)18(5-2)17-11-7-6-8-12-17/h6-13,18H,4-5,14H2,1-3H3,(H,22,23)/t18-/m0/s1. The smallest absolute Gasteiger partial charge is 0.313 e. The van der Waals surface area contributed by atoms with E-state index in [4.69, 9.17) is 4.74 Å². The molecular weight excluding hydrogens is 314 g/mol. The maximum absolute atomic E-state index is 12.3. The average Bonchev–Trinajstić information content (AvgIpc) is 2.63. The van der Waals surface area contributed by atoms with Crippen molar-refractivity contribution in [1.29, 1.82) is 0 Å². The highest BCUT2D eigenvalue weighted by atomic mass is 16.5. The molecule has 4 nitrogen and oxygen atoms in total. The highest BCUT2D eigenvalue weighted by molar-refractivity contribution is 5.94. The molecule has 2 aromatic carbocycles. The van der Waals surface area contributed by atoms with Crippen molar-refractivity contribution < 1.29 is 14.3 Å². The third-order valence-electron chi connectivity index (χ3n) is 4.24. The van der Waals surface area contributed by atoms with Crippen molar-refractivity contribution >= 4 is 17.6 Å². The van der Waals surface area contributed by atoms with Crippen LogP contribution in [0.5, 0.6) is 0 Å². The maximum atomic E-state index is 12.3. The first-order chi connectivity index (χ1) is 12.1. The van der Waals surface area contributed by atoms with Crippen molar-refractivity contribution in [2.75, 3.05) is 11.9 Å². The topological polar surface area (TPSA) is 55.4 Å². The molecule has 1 amide bonds. The molecule has 132 valence electrons. The normalized spacial score (nSPS) is 11.6. The molecule has 0 bridgehead atoms. The molecule has 0 heterocycles. The number of amides is 1. The molecule has 0 unspecified atom stereocenters. The zero-order valence-corrected chi connectivity index (χ0v) is 15.0. The summed E-state index contributed by atoms with van der Waals surface area (Å²) in [5.41, 5.74) is 3.77. The lowest BCUT2D eigenvalue weighted by Crippen LogP contribution is -2.24. The number of rotatable bonds is 7. The second kappa shape index (κ2) is 9.02. The highest BCUT2D eigenvalue weighted by Gasteiger charge is 2.21. The Morgan fingerprint density at radius 3 is 2.40 bits per heavy atom. The molecule has 2 aromatic rings. The van der Waals surface area contributed by atoms with Gasteiger partial charge in [-0.3, -0.25) is 9.59 Å². The van der Waals surface area contributed by atoms with E-state index in [2.05, 4.69) is 5.32 Å². The number of anilines is 1. The summed E-state index contributed by atoms with van der Waals surface area (Å²) in [6.07, 6.45) is 1.45. The summed E-state index contributed by atoms with van der Waals surface area (Å²) < 4.78 is 5.25. The first kappa shape index (κ1) is 18.7. The molecule has 0 aliphatic heterocycles. The minimum atomic E-state index is -0.371. The summed E-state index contributed by atoms with van der Waals surface area (Å²) in [7, 11) is 0. The van der Waals surface area contributed by atoms with Crippen molar-refractivity contribution in [3.8, 4) is 0 Å². The predicted molar refractivity (Wildman–Crippen MR) is 99.6 cm³/mol. The second-order valence-corrected chi connectivity index (χ2v) is 5.99. The van der Waals surface area contributed by atoms with Gasteiger partial charge in [0, 0.05) is 5.69 Å². The van der Waals surface area contributed by atoms with Crippen LogP contribution in [0.4, 0.5) is 5.69 Å². The molecule has 0 radical (unpaired) electrons. The number of para-hydroxylation sites is 1. The van der Waals surface area contributed by atoms with Crippen molar-refractivity contribution in [2.45, 2.75) is 39.5 Å². The first-order valence-electron chi connectivity index (χ1n) is 8.66. The van der Waals surface area contributed by atoms with Crippen LogP contribution in [-0.4, -0.2) is 18.5 Å². The van der Waals surface area contributed by atoms with Crippen LogP contribution < -0.4 is 5.32 Å². The number of aryl methyl sites for hydroxylation is 2. The van der Waals surface area contributed by atoms with E-state index in [9.17, 15) is 9.59 Å². The fraction of sp³-hybridized carbons (Fsp3) is 0.333. The number of benzene rings is 2. The number of carbonyl (C=O) groups excluding carboxylic acids is 2. The van der Waals surface area contributed by atoms with Crippen LogP contribution in [0.2, 0.25) is 0 Å². The van der Waals surface area contributed by atoms with Crippen molar-refractivity contribution in [3.05, 3.63) is 65.2 Å². The van der Waals surface area contributed by atoms with E-state index >= 15 is 0 Å². The van der Waals surface area contributed by atoms with Crippen LogP contribution in [0, 0.1) is 6.92 Å². The molecule has 0 aliphatic carbocycles. The molecule has 0 fully saturated rings. The molecular formula is C21H25NO3. The summed E-state index contributed by atoms with van der Waals surface area (Å²) >= 11 is 0. The third kappa shape index (κ3) is 4.92. The number of carbonyl (C=O) groups is 2. The fourth-order valence-corrected chi connectivity index (χ4v) is 2.84. The Bertz CT molecular complexity index is 725. The van der Waals surface area contributed by atoms with E-state index in [0.29, 0.717) is 6.42 Å². The maximum Gasteiger partial charge on any atom is 0.313 e. The van der Waals surface area contributed by atoms with Gasteiger partial charge < -0.3 is 10.1 Å². The average molecular weight is 339 g/mol. The number of hydrogen-bond donors (Lipinski definition) is 1. The van der Waals surface area contributed by atoms with Gasteiger partial charge in [0.05, 0.1) is 5.92 Å². The quantitative estimate of drug-likeness (QED) is 0.768. The summed E-state index contributed by atoms with van der Waals surface area (Å²) in [5.74, 6) is -1.04. The second-order valence-electron chi connectivity index (χ2n) is 5.99. The van der Waals surface area contributed by atoms with E-state index in [0.717, 1.165) is 28.8 Å². The van der Waals surface area contributed by atoms with Crippen LogP contribution >= 0.6 is 0 Å². The zero-order valence-electron chi connectivity index (χ0n) is 15.0. The lowest BCUT2D eigenvalue weighted by Gasteiger charge is -2.16. The number of nitrogens with one attached hydrogen (secondary N) is 1. The molecule has 0 saturated carbocycles. The lowest BCUT2D eigenvalue weighted by molar-refractivity contribution is -0.149. The molecule has 1 N–H and O–H groups in total. The van der Waals surface area contributed by atoms with Crippen molar-refractivity contribution in [3.63, 3.8) is 0 Å². The van der Waals surface area contributed by atoms with Gasteiger partial charge in [0.1, 0.15) is 0 Å². The summed E-state index contributed by atoms with van der Waals surface area (Å²) in [4.78, 5) is 24.5. The number of ether oxygens (including phenoxy) is 1. The SMILES string of the molecule is CCc1cccc(C)c1NC(=O)COC(=O)[C@@H](CC)c1ccccc1. The minimum absolute atomic E-state index is 0.278. The van der Waals surface area contributed by atoms with Crippen LogP contribution in [0.3, 0.4) is 0 Å². The fourth-order valence-electron chi connectivity index (χ4n) is 2.84. The Morgan fingerprint density at radius 2 is 1.76 bits per heavy atom. The van der Waals surface area contributed by atoms with Crippen LogP contribution in [0.25, 0.3) is 0 Å². The van der Waals surface area contributed by atoms with E-state index in [1.165, 1.54) is 0 Å². The molecule has 0 spiro atoms. The van der Waals surface area contributed by atoms with Crippen LogP contribution in [0.15, 0.2) is 48.5 Å². The monoisotopic (exact) mass is 339 g/mol.